The number of benzene rings is 2. The molecular formula is C16H17BrO6. The van der Waals surface area contributed by atoms with Gasteiger partial charge in [-0.3, -0.25) is 0 Å². The molecule has 3 rings (SSSR count). The summed E-state index contributed by atoms with van der Waals surface area (Å²) in [5.74, 6) is 0.448. The van der Waals surface area contributed by atoms with E-state index >= 15 is 0 Å². The summed E-state index contributed by atoms with van der Waals surface area (Å²) in [6.45, 7) is -0.490. The van der Waals surface area contributed by atoms with Gasteiger partial charge in [0.2, 0.25) is 6.29 Å². The van der Waals surface area contributed by atoms with Crippen LogP contribution in [0.1, 0.15) is 0 Å². The lowest BCUT2D eigenvalue weighted by Gasteiger charge is -2.39. The number of fused-ring (bicyclic) bond motifs is 1. The van der Waals surface area contributed by atoms with E-state index in [-0.39, 0.29) is 0 Å². The summed E-state index contributed by atoms with van der Waals surface area (Å²) in [5.41, 5.74) is 0. The van der Waals surface area contributed by atoms with Crippen LogP contribution >= 0.6 is 15.9 Å². The van der Waals surface area contributed by atoms with Crippen molar-refractivity contribution in [1.29, 1.82) is 0 Å². The Morgan fingerprint density at radius 1 is 0.957 bits per heavy atom. The zero-order valence-electron chi connectivity index (χ0n) is 12.0. The minimum absolute atomic E-state index is 0.448. The molecule has 2 aromatic carbocycles. The molecule has 5 atom stereocenters. The molecule has 6 nitrogen and oxygen atoms in total. The van der Waals surface area contributed by atoms with Crippen LogP contribution in [-0.2, 0) is 4.74 Å². The van der Waals surface area contributed by atoms with Gasteiger partial charge in [0, 0.05) is 4.47 Å². The van der Waals surface area contributed by atoms with Crippen LogP contribution in [0.5, 0.6) is 5.75 Å². The van der Waals surface area contributed by atoms with E-state index in [1.54, 1.807) is 12.1 Å². The summed E-state index contributed by atoms with van der Waals surface area (Å²) >= 11 is 3.41. The molecule has 0 spiro atoms. The van der Waals surface area contributed by atoms with E-state index in [0.29, 0.717) is 5.75 Å². The summed E-state index contributed by atoms with van der Waals surface area (Å²) in [4.78, 5) is 0. The Bertz CT molecular complexity index is 691. The van der Waals surface area contributed by atoms with E-state index in [1.165, 1.54) is 0 Å². The largest absolute Gasteiger partial charge is 0.462 e. The van der Waals surface area contributed by atoms with Gasteiger partial charge in [-0.05, 0) is 35.0 Å². The molecule has 0 bridgehead atoms. The van der Waals surface area contributed by atoms with Crippen LogP contribution in [0, 0.1) is 0 Å². The van der Waals surface area contributed by atoms with E-state index in [0.717, 1.165) is 15.2 Å². The maximum Gasteiger partial charge on any atom is 0.229 e. The molecule has 1 heterocycles. The van der Waals surface area contributed by atoms with E-state index in [4.69, 9.17) is 9.47 Å². The van der Waals surface area contributed by atoms with Crippen molar-refractivity contribution < 1.29 is 29.9 Å². The monoisotopic (exact) mass is 384 g/mol. The lowest BCUT2D eigenvalue weighted by atomic mass is 9.99. The number of aliphatic hydroxyl groups excluding tert-OH is 4. The Balaban J connectivity index is 1.81. The molecule has 1 fully saturated rings. The number of halogens is 1. The zero-order chi connectivity index (χ0) is 16.6. The molecule has 0 aromatic heterocycles. The second-order valence-electron chi connectivity index (χ2n) is 5.47. The molecule has 7 heteroatoms. The summed E-state index contributed by atoms with van der Waals surface area (Å²) < 4.78 is 11.9. The lowest BCUT2D eigenvalue weighted by molar-refractivity contribution is -0.277. The molecule has 0 radical (unpaired) electrons. The summed E-state index contributed by atoms with van der Waals surface area (Å²) in [7, 11) is 0. The van der Waals surface area contributed by atoms with Crippen molar-refractivity contribution in [1.82, 2.24) is 0 Å². The third kappa shape index (κ3) is 3.35. The molecule has 1 aliphatic heterocycles. The van der Waals surface area contributed by atoms with Gasteiger partial charge in [-0.25, -0.2) is 0 Å². The fourth-order valence-corrected chi connectivity index (χ4v) is 2.95. The van der Waals surface area contributed by atoms with E-state index in [2.05, 4.69) is 15.9 Å². The van der Waals surface area contributed by atoms with E-state index < -0.39 is 37.3 Å². The van der Waals surface area contributed by atoms with Crippen molar-refractivity contribution in [3.05, 3.63) is 40.9 Å². The first-order chi connectivity index (χ1) is 11.0. The average molecular weight is 385 g/mol. The third-order valence-electron chi connectivity index (χ3n) is 3.87. The number of hydrogen-bond donors (Lipinski definition) is 4. The summed E-state index contributed by atoms with van der Waals surface area (Å²) in [5, 5.41) is 40.6. The third-order valence-corrected chi connectivity index (χ3v) is 4.37. The molecule has 124 valence electrons. The van der Waals surface area contributed by atoms with Gasteiger partial charge in [0.1, 0.15) is 30.2 Å². The molecule has 23 heavy (non-hydrogen) atoms. The van der Waals surface area contributed by atoms with Gasteiger partial charge in [0.25, 0.3) is 0 Å². The fraction of sp³-hybridized carbons (Fsp3) is 0.375. The average Bonchev–Trinajstić information content (AvgIpc) is 2.55. The second-order valence-corrected chi connectivity index (χ2v) is 6.38. The summed E-state index contributed by atoms with van der Waals surface area (Å²) in [6.07, 6.45) is -6.45. The van der Waals surface area contributed by atoms with Crippen molar-refractivity contribution in [2.24, 2.45) is 0 Å². The van der Waals surface area contributed by atoms with Crippen molar-refractivity contribution in [2.75, 3.05) is 6.61 Å². The standard InChI is InChI=1S/C16H17BrO6/c17-10-3-1-9-6-11(4-2-8(9)5-10)22-16-15(21)14(20)13(19)12(7-18)23-16/h1-6,12-16,18-21H,7H2/t12-,13-,14-,15-,16-/m0/s1. The van der Waals surface area contributed by atoms with Crippen LogP contribution in [0.15, 0.2) is 40.9 Å². The van der Waals surface area contributed by atoms with Gasteiger partial charge < -0.3 is 29.9 Å². The van der Waals surface area contributed by atoms with Crippen LogP contribution < -0.4 is 4.74 Å². The fourth-order valence-electron chi connectivity index (χ4n) is 2.57. The molecule has 1 saturated heterocycles. The first-order valence-corrected chi connectivity index (χ1v) is 7.95. The Kier molecular flexibility index (Phi) is 4.86. The minimum atomic E-state index is -1.46. The Morgan fingerprint density at radius 3 is 2.39 bits per heavy atom. The van der Waals surface area contributed by atoms with Crippen molar-refractivity contribution in [2.45, 2.75) is 30.7 Å². The first kappa shape index (κ1) is 16.6. The van der Waals surface area contributed by atoms with Gasteiger partial charge in [-0.2, -0.15) is 0 Å². The molecule has 2 aromatic rings. The number of hydrogen-bond acceptors (Lipinski definition) is 6. The number of rotatable bonds is 3. The van der Waals surface area contributed by atoms with Crippen LogP contribution in [0.3, 0.4) is 0 Å². The van der Waals surface area contributed by atoms with Crippen LogP contribution in [0.4, 0.5) is 0 Å². The Labute approximate surface area is 141 Å². The maximum absolute atomic E-state index is 9.98. The Hall–Kier alpha value is -1.22. The lowest BCUT2D eigenvalue weighted by Crippen LogP contribution is -2.60. The molecule has 0 aliphatic carbocycles. The van der Waals surface area contributed by atoms with Gasteiger partial charge in [-0.15, -0.1) is 0 Å². The van der Waals surface area contributed by atoms with Crippen molar-refractivity contribution in [3.63, 3.8) is 0 Å². The number of aliphatic hydroxyl groups is 4. The highest BCUT2D eigenvalue weighted by molar-refractivity contribution is 9.10. The normalized spacial score (nSPS) is 31.3. The highest BCUT2D eigenvalue weighted by atomic mass is 79.9. The highest BCUT2D eigenvalue weighted by Gasteiger charge is 2.44. The first-order valence-electron chi connectivity index (χ1n) is 7.16. The van der Waals surface area contributed by atoms with Crippen LogP contribution in [0.25, 0.3) is 10.8 Å². The van der Waals surface area contributed by atoms with Crippen molar-refractivity contribution in [3.8, 4) is 5.75 Å². The van der Waals surface area contributed by atoms with Gasteiger partial charge in [-0.1, -0.05) is 28.1 Å². The van der Waals surface area contributed by atoms with Gasteiger partial charge >= 0.3 is 0 Å². The smallest absolute Gasteiger partial charge is 0.229 e. The van der Waals surface area contributed by atoms with Gasteiger partial charge in [0.05, 0.1) is 6.61 Å². The van der Waals surface area contributed by atoms with E-state index in [1.807, 2.05) is 24.3 Å². The van der Waals surface area contributed by atoms with Gasteiger partial charge in [0.15, 0.2) is 0 Å². The predicted octanol–water partition coefficient (Wildman–Crippen LogP) is 0.781. The minimum Gasteiger partial charge on any atom is -0.462 e. The Morgan fingerprint density at radius 2 is 1.65 bits per heavy atom. The molecule has 0 saturated carbocycles. The SMILES string of the molecule is OC[C@@H]1O[C@H](Oc2ccc3cc(Br)ccc3c2)[C@@H](O)[C@@H](O)[C@H]1O. The second kappa shape index (κ2) is 6.72. The predicted molar refractivity (Wildman–Crippen MR) is 86.0 cm³/mol. The van der Waals surface area contributed by atoms with Crippen molar-refractivity contribution >= 4 is 26.7 Å². The molecular weight excluding hydrogens is 368 g/mol. The topological polar surface area (TPSA) is 99.4 Å². The maximum atomic E-state index is 9.98. The molecule has 4 N–H and O–H groups in total. The highest BCUT2D eigenvalue weighted by Crippen LogP contribution is 2.28. The molecule has 1 aliphatic rings. The number of ether oxygens (including phenoxy) is 2. The van der Waals surface area contributed by atoms with E-state index in [9.17, 15) is 20.4 Å². The summed E-state index contributed by atoms with van der Waals surface area (Å²) in [6, 6.07) is 11.1. The molecule has 0 unspecified atom stereocenters. The molecule has 0 amide bonds. The van der Waals surface area contributed by atoms with Crippen LogP contribution in [0.2, 0.25) is 0 Å². The van der Waals surface area contributed by atoms with Crippen LogP contribution in [-0.4, -0.2) is 57.7 Å². The zero-order valence-corrected chi connectivity index (χ0v) is 13.6. The quantitative estimate of drug-likeness (QED) is 0.624.